The molecule has 0 aliphatic heterocycles. The Balaban J connectivity index is 5.21. The van der Waals surface area contributed by atoms with Crippen molar-refractivity contribution in [3.63, 3.8) is 0 Å². The van der Waals surface area contributed by atoms with Gasteiger partial charge in [-0.05, 0) is 0 Å². The highest BCUT2D eigenvalue weighted by molar-refractivity contribution is 7.81. The molecule has 0 bridgehead atoms. The zero-order chi connectivity index (χ0) is 12.2. The standard InChI is InChI=1S/C7H12N2O4S2/c8-5(3(10)1-14)7(9,6(12)13)4(11)2-15/h5,14-15H,1-2,8-9H2,(H,12,13). The number of ketones is 2. The molecular weight excluding hydrogens is 240 g/mol. The Hall–Kier alpha value is -0.570. The van der Waals surface area contributed by atoms with E-state index >= 15 is 0 Å². The van der Waals surface area contributed by atoms with E-state index in [2.05, 4.69) is 25.3 Å². The van der Waals surface area contributed by atoms with E-state index in [0.717, 1.165) is 0 Å². The van der Waals surface area contributed by atoms with Crippen LogP contribution in [0, 0.1) is 0 Å². The number of carboxylic acids is 1. The highest BCUT2D eigenvalue weighted by Gasteiger charge is 2.49. The Morgan fingerprint density at radius 3 is 2.00 bits per heavy atom. The molecule has 5 N–H and O–H groups in total. The van der Waals surface area contributed by atoms with Crippen molar-refractivity contribution in [3.05, 3.63) is 0 Å². The van der Waals surface area contributed by atoms with Gasteiger partial charge in [-0.1, -0.05) is 0 Å². The van der Waals surface area contributed by atoms with E-state index < -0.39 is 34.9 Å². The summed E-state index contributed by atoms with van der Waals surface area (Å²) < 4.78 is 0. The topological polar surface area (TPSA) is 123 Å². The summed E-state index contributed by atoms with van der Waals surface area (Å²) in [7, 11) is 0. The molecule has 0 rings (SSSR count). The first kappa shape index (κ1) is 14.4. The molecule has 0 radical (unpaired) electrons. The van der Waals surface area contributed by atoms with Gasteiger partial charge in [0.2, 0.25) is 0 Å². The zero-order valence-corrected chi connectivity index (χ0v) is 9.50. The Morgan fingerprint density at radius 2 is 1.73 bits per heavy atom. The van der Waals surface area contributed by atoms with Gasteiger partial charge in [0, 0.05) is 0 Å². The summed E-state index contributed by atoms with van der Waals surface area (Å²) >= 11 is 7.26. The van der Waals surface area contributed by atoms with Gasteiger partial charge in [-0.2, -0.15) is 25.3 Å². The molecule has 0 aliphatic rings. The molecule has 0 saturated carbocycles. The van der Waals surface area contributed by atoms with Gasteiger partial charge in [0.1, 0.15) is 6.04 Å². The van der Waals surface area contributed by atoms with Gasteiger partial charge in [0.25, 0.3) is 0 Å². The maximum absolute atomic E-state index is 11.3. The molecule has 86 valence electrons. The van der Waals surface area contributed by atoms with Crippen LogP contribution in [0.1, 0.15) is 0 Å². The summed E-state index contributed by atoms with van der Waals surface area (Å²) in [4.78, 5) is 33.3. The normalized spacial score (nSPS) is 16.5. The number of rotatable bonds is 6. The van der Waals surface area contributed by atoms with Gasteiger partial charge in [-0.15, -0.1) is 0 Å². The van der Waals surface area contributed by atoms with Crippen LogP contribution in [0.15, 0.2) is 0 Å². The van der Waals surface area contributed by atoms with Crippen molar-refractivity contribution in [2.24, 2.45) is 11.5 Å². The molecule has 0 aromatic rings. The van der Waals surface area contributed by atoms with Crippen LogP contribution in [0.4, 0.5) is 0 Å². The lowest BCUT2D eigenvalue weighted by atomic mass is 9.85. The predicted molar refractivity (Wildman–Crippen MR) is 60.2 cm³/mol. The number of Topliss-reactive ketones (excluding diaryl/α,β-unsaturated/α-hetero) is 2. The fourth-order valence-electron chi connectivity index (χ4n) is 0.909. The summed E-state index contributed by atoms with van der Waals surface area (Å²) in [6, 6.07) is -1.62. The van der Waals surface area contributed by atoms with Crippen molar-refractivity contribution < 1.29 is 19.5 Å². The highest BCUT2D eigenvalue weighted by atomic mass is 32.1. The Labute approximate surface area is 97.2 Å². The van der Waals surface area contributed by atoms with Crippen molar-refractivity contribution in [3.8, 4) is 0 Å². The smallest absolute Gasteiger partial charge is 0.333 e. The SMILES string of the molecule is NC(C(=O)CS)C(N)(C(=O)O)C(=O)CS. The average molecular weight is 252 g/mol. The highest BCUT2D eigenvalue weighted by Crippen LogP contribution is 2.11. The second kappa shape index (κ2) is 5.50. The number of carbonyl (C=O) groups excluding carboxylic acids is 2. The van der Waals surface area contributed by atoms with Gasteiger partial charge >= 0.3 is 5.97 Å². The fourth-order valence-corrected chi connectivity index (χ4v) is 1.37. The minimum atomic E-state index is -2.43. The lowest BCUT2D eigenvalue weighted by Gasteiger charge is -2.27. The summed E-state index contributed by atoms with van der Waals surface area (Å²) in [5.41, 5.74) is 8.23. The molecule has 0 spiro atoms. The van der Waals surface area contributed by atoms with Gasteiger partial charge < -0.3 is 16.6 Å². The molecule has 0 aromatic heterocycles. The third-order valence-corrected chi connectivity index (χ3v) is 2.55. The molecule has 0 aromatic carbocycles. The maximum Gasteiger partial charge on any atom is 0.333 e. The lowest BCUT2D eigenvalue weighted by Crippen LogP contribution is -2.69. The second-order valence-electron chi connectivity index (χ2n) is 2.86. The van der Waals surface area contributed by atoms with Crippen LogP contribution < -0.4 is 11.5 Å². The van der Waals surface area contributed by atoms with E-state index in [1.165, 1.54) is 0 Å². The molecule has 2 unspecified atom stereocenters. The second-order valence-corrected chi connectivity index (χ2v) is 3.49. The monoisotopic (exact) mass is 252 g/mol. The summed E-state index contributed by atoms with van der Waals surface area (Å²) in [6.45, 7) is 0. The molecule has 0 aliphatic carbocycles. The quantitative estimate of drug-likeness (QED) is 0.278. The first-order valence-corrected chi connectivity index (χ1v) is 5.14. The van der Waals surface area contributed by atoms with Gasteiger partial charge in [-0.3, -0.25) is 9.59 Å². The third kappa shape index (κ3) is 2.71. The van der Waals surface area contributed by atoms with Crippen LogP contribution >= 0.6 is 25.3 Å². The summed E-state index contributed by atoms with van der Waals surface area (Å²) in [5.74, 6) is -3.97. The van der Waals surface area contributed by atoms with E-state index in [0.29, 0.717) is 0 Å². The largest absolute Gasteiger partial charge is 0.479 e. The van der Waals surface area contributed by atoms with Crippen molar-refractivity contribution in [1.82, 2.24) is 0 Å². The van der Waals surface area contributed by atoms with E-state index in [4.69, 9.17) is 16.6 Å². The van der Waals surface area contributed by atoms with Crippen molar-refractivity contribution in [2.45, 2.75) is 11.6 Å². The number of thiol groups is 2. The van der Waals surface area contributed by atoms with E-state index in [-0.39, 0.29) is 5.75 Å². The van der Waals surface area contributed by atoms with Crippen molar-refractivity contribution in [1.29, 1.82) is 0 Å². The molecular formula is C7H12N2O4S2. The van der Waals surface area contributed by atoms with E-state index in [9.17, 15) is 14.4 Å². The lowest BCUT2D eigenvalue weighted by molar-refractivity contribution is -0.150. The van der Waals surface area contributed by atoms with Crippen LogP contribution in [-0.4, -0.2) is 45.7 Å². The molecule has 0 fully saturated rings. The predicted octanol–water partition coefficient (Wildman–Crippen LogP) is -1.91. The maximum atomic E-state index is 11.3. The summed E-state index contributed by atoms with van der Waals surface area (Å²) in [5, 5.41) is 8.81. The number of carboxylic acid groups (broad SMARTS) is 1. The molecule has 0 saturated heterocycles. The molecule has 8 heteroatoms. The van der Waals surface area contributed by atoms with Crippen molar-refractivity contribution >= 4 is 42.8 Å². The third-order valence-electron chi connectivity index (χ3n) is 1.95. The van der Waals surface area contributed by atoms with Crippen molar-refractivity contribution in [2.75, 3.05) is 11.5 Å². The first-order valence-electron chi connectivity index (χ1n) is 3.87. The zero-order valence-electron chi connectivity index (χ0n) is 7.71. The van der Waals surface area contributed by atoms with Gasteiger partial charge in [-0.25, -0.2) is 4.79 Å². The molecule has 6 nitrogen and oxygen atoms in total. The molecule has 15 heavy (non-hydrogen) atoms. The number of hydrogen-bond donors (Lipinski definition) is 5. The minimum Gasteiger partial charge on any atom is -0.479 e. The van der Waals surface area contributed by atoms with E-state index in [1.807, 2.05) is 0 Å². The fraction of sp³-hybridized carbons (Fsp3) is 0.571. The Bertz CT molecular complexity index is 297. The van der Waals surface area contributed by atoms with Gasteiger partial charge in [0.05, 0.1) is 11.5 Å². The number of carbonyl (C=O) groups is 3. The molecule has 2 atom stereocenters. The van der Waals surface area contributed by atoms with Gasteiger partial charge in [0.15, 0.2) is 17.1 Å². The number of hydrogen-bond acceptors (Lipinski definition) is 7. The molecule has 0 heterocycles. The minimum absolute atomic E-state index is 0.284. The van der Waals surface area contributed by atoms with Crippen LogP contribution in [-0.2, 0) is 14.4 Å². The summed E-state index contributed by atoms with van der Waals surface area (Å²) in [6.07, 6.45) is 0. The van der Waals surface area contributed by atoms with E-state index in [1.54, 1.807) is 0 Å². The number of nitrogens with two attached hydrogens (primary N) is 2. The Morgan fingerprint density at radius 1 is 1.27 bits per heavy atom. The average Bonchev–Trinajstić information content (AvgIpc) is 2.24. The van der Waals surface area contributed by atoms with Crippen LogP contribution in [0.3, 0.4) is 0 Å². The van der Waals surface area contributed by atoms with Crippen LogP contribution in [0.2, 0.25) is 0 Å². The number of aliphatic carboxylic acids is 1. The van der Waals surface area contributed by atoms with Crippen LogP contribution in [0.25, 0.3) is 0 Å². The van der Waals surface area contributed by atoms with Crippen LogP contribution in [0.5, 0.6) is 0 Å². The molecule has 0 amide bonds. The first-order chi connectivity index (χ1) is 6.82. The Kier molecular flexibility index (Phi) is 5.29.